The fourth-order valence-electron chi connectivity index (χ4n) is 2.98. The van der Waals surface area contributed by atoms with Crippen LogP contribution in [0.3, 0.4) is 0 Å². The number of anilines is 3. The smallest absolute Gasteiger partial charge is 0.321 e. The Morgan fingerprint density at radius 3 is 2.24 bits per heavy atom. The average Bonchev–Trinajstić information content (AvgIpc) is 3.19. The first-order valence-corrected chi connectivity index (χ1v) is 9.76. The first-order valence-electron chi connectivity index (χ1n) is 9.76. The van der Waals surface area contributed by atoms with Gasteiger partial charge >= 0.3 is 6.18 Å². The van der Waals surface area contributed by atoms with Crippen LogP contribution in [0, 0.1) is 0 Å². The van der Waals surface area contributed by atoms with Crippen LogP contribution >= 0.6 is 0 Å². The summed E-state index contributed by atoms with van der Waals surface area (Å²) in [6, 6.07) is 9.25. The number of nitrogens with one attached hydrogen (secondary N) is 2. The van der Waals surface area contributed by atoms with Gasteiger partial charge in [0.1, 0.15) is 5.82 Å². The number of amides is 1. The van der Waals surface area contributed by atoms with Gasteiger partial charge < -0.3 is 10.6 Å². The van der Waals surface area contributed by atoms with Gasteiger partial charge in [-0.05, 0) is 23.3 Å². The number of aryl methyl sites for hydroxylation is 1. The molecule has 0 aliphatic carbocycles. The van der Waals surface area contributed by atoms with Gasteiger partial charge in [0.05, 0.1) is 23.9 Å². The molecule has 0 bridgehead atoms. The number of aromatic nitrogens is 5. The number of nitrogens with zero attached hydrogens (tertiary/aromatic N) is 5. The maximum Gasteiger partial charge on any atom is 0.417 e. The second-order valence-corrected chi connectivity index (χ2v) is 7.17. The lowest BCUT2D eigenvalue weighted by Gasteiger charge is -2.08. The monoisotopic (exact) mass is 453 g/mol. The molecule has 33 heavy (non-hydrogen) atoms. The molecule has 4 rings (SSSR count). The minimum Gasteiger partial charge on any atom is -0.321 e. The predicted octanol–water partition coefficient (Wildman–Crippen LogP) is 4.22. The van der Waals surface area contributed by atoms with Crippen molar-refractivity contribution in [2.45, 2.75) is 12.6 Å². The van der Waals surface area contributed by atoms with Crippen molar-refractivity contribution in [2.75, 3.05) is 10.6 Å². The average molecular weight is 453 g/mol. The highest BCUT2D eigenvalue weighted by atomic mass is 19.4. The number of benzene rings is 1. The van der Waals surface area contributed by atoms with Crippen LogP contribution in [0.5, 0.6) is 0 Å². The molecule has 2 N–H and O–H groups in total. The van der Waals surface area contributed by atoms with Crippen molar-refractivity contribution in [2.24, 2.45) is 7.05 Å². The summed E-state index contributed by atoms with van der Waals surface area (Å²) in [6.07, 6.45) is 3.10. The molecule has 0 aliphatic heterocycles. The molecule has 0 spiro atoms. The SMILES string of the molecule is Cn1cc(Nc2ncc(-c3ccc(CC(=O)Nc4ccc(C(F)(F)F)cn4)cc3)cn2)cn1. The van der Waals surface area contributed by atoms with Crippen molar-refractivity contribution in [3.8, 4) is 11.1 Å². The summed E-state index contributed by atoms with van der Waals surface area (Å²) in [5.74, 6) is 0.114. The Balaban J connectivity index is 1.34. The molecular weight excluding hydrogens is 435 g/mol. The number of hydrogen-bond donors (Lipinski definition) is 2. The molecule has 0 atom stereocenters. The molecule has 0 aliphatic rings. The van der Waals surface area contributed by atoms with Crippen LogP contribution in [-0.4, -0.2) is 30.6 Å². The molecule has 8 nitrogen and oxygen atoms in total. The van der Waals surface area contributed by atoms with Crippen molar-refractivity contribution in [3.05, 3.63) is 78.5 Å². The van der Waals surface area contributed by atoms with E-state index in [1.807, 2.05) is 19.2 Å². The predicted molar refractivity (Wildman–Crippen MR) is 116 cm³/mol. The zero-order chi connectivity index (χ0) is 23.4. The summed E-state index contributed by atoms with van der Waals surface area (Å²) in [6.45, 7) is 0. The van der Waals surface area contributed by atoms with Crippen molar-refractivity contribution >= 4 is 23.4 Å². The highest BCUT2D eigenvalue weighted by Crippen LogP contribution is 2.29. The summed E-state index contributed by atoms with van der Waals surface area (Å²) in [4.78, 5) is 24.4. The zero-order valence-electron chi connectivity index (χ0n) is 17.3. The van der Waals surface area contributed by atoms with E-state index in [1.165, 1.54) is 0 Å². The van der Waals surface area contributed by atoms with E-state index in [-0.39, 0.29) is 18.1 Å². The number of pyridine rings is 1. The second-order valence-electron chi connectivity index (χ2n) is 7.17. The van der Waals surface area contributed by atoms with Crippen LogP contribution in [0.2, 0.25) is 0 Å². The molecule has 0 saturated heterocycles. The molecule has 168 valence electrons. The third-order valence-electron chi connectivity index (χ3n) is 4.62. The van der Waals surface area contributed by atoms with Crippen molar-refractivity contribution in [1.82, 2.24) is 24.7 Å². The fourth-order valence-corrected chi connectivity index (χ4v) is 2.98. The molecule has 0 saturated carbocycles. The van der Waals surface area contributed by atoms with Gasteiger partial charge in [0.2, 0.25) is 11.9 Å². The van der Waals surface area contributed by atoms with E-state index in [9.17, 15) is 18.0 Å². The summed E-state index contributed by atoms with van der Waals surface area (Å²) in [5.41, 5.74) is 2.31. The summed E-state index contributed by atoms with van der Waals surface area (Å²) >= 11 is 0. The molecule has 0 radical (unpaired) electrons. The molecule has 11 heteroatoms. The quantitative estimate of drug-likeness (QED) is 0.454. The molecule has 0 unspecified atom stereocenters. The van der Waals surface area contributed by atoms with Crippen molar-refractivity contribution < 1.29 is 18.0 Å². The van der Waals surface area contributed by atoms with Crippen LogP contribution < -0.4 is 10.6 Å². The summed E-state index contributed by atoms with van der Waals surface area (Å²) in [7, 11) is 1.81. The minimum absolute atomic E-state index is 0.0491. The first-order chi connectivity index (χ1) is 15.8. The third-order valence-corrected chi connectivity index (χ3v) is 4.62. The van der Waals surface area contributed by atoms with Gasteiger partial charge in [0.25, 0.3) is 0 Å². The van der Waals surface area contributed by atoms with E-state index in [1.54, 1.807) is 41.6 Å². The van der Waals surface area contributed by atoms with E-state index in [4.69, 9.17) is 0 Å². The maximum atomic E-state index is 12.6. The number of carbonyl (C=O) groups is 1. The van der Waals surface area contributed by atoms with Crippen LogP contribution in [0.1, 0.15) is 11.1 Å². The Morgan fingerprint density at radius 2 is 1.67 bits per heavy atom. The Labute approximate surface area is 186 Å². The highest BCUT2D eigenvalue weighted by Gasteiger charge is 2.30. The highest BCUT2D eigenvalue weighted by molar-refractivity contribution is 5.91. The van der Waals surface area contributed by atoms with E-state index in [2.05, 4.69) is 30.7 Å². The molecule has 3 aromatic heterocycles. The molecule has 4 aromatic rings. The lowest BCUT2D eigenvalue weighted by atomic mass is 10.1. The molecule has 1 aromatic carbocycles. The standard InChI is InChI=1S/C22H18F3N7O/c1-32-13-18(12-29-32)30-21-27-9-16(10-28-21)15-4-2-14(3-5-15)8-20(33)31-19-7-6-17(11-26-19)22(23,24)25/h2-7,9-13H,8H2,1H3,(H,26,31,33)(H,27,28,30). The minimum atomic E-state index is -4.47. The van der Waals surface area contributed by atoms with E-state index in [0.717, 1.165) is 34.5 Å². The van der Waals surface area contributed by atoms with Gasteiger partial charge in [-0.3, -0.25) is 9.48 Å². The van der Waals surface area contributed by atoms with Gasteiger partial charge in [-0.2, -0.15) is 18.3 Å². The molecular formula is C22H18F3N7O. The van der Waals surface area contributed by atoms with Crippen molar-refractivity contribution in [1.29, 1.82) is 0 Å². The number of halogens is 3. The third kappa shape index (κ3) is 5.70. The lowest BCUT2D eigenvalue weighted by Crippen LogP contribution is -2.15. The second kappa shape index (κ2) is 9.07. The number of hydrogen-bond acceptors (Lipinski definition) is 6. The van der Waals surface area contributed by atoms with Crippen molar-refractivity contribution in [3.63, 3.8) is 0 Å². The fraction of sp³-hybridized carbons (Fsp3) is 0.136. The van der Waals surface area contributed by atoms with Gasteiger partial charge in [-0.1, -0.05) is 24.3 Å². The van der Waals surface area contributed by atoms with E-state index >= 15 is 0 Å². The zero-order valence-corrected chi connectivity index (χ0v) is 17.3. The number of carbonyl (C=O) groups excluding carboxylic acids is 1. The Morgan fingerprint density at radius 1 is 0.939 bits per heavy atom. The van der Waals surface area contributed by atoms with Crippen LogP contribution in [0.4, 0.5) is 30.6 Å². The van der Waals surface area contributed by atoms with Gasteiger partial charge in [-0.15, -0.1) is 0 Å². The van der Waals surface area contributed by atoms with Gasteiger partial charge in [0.15, 0.2) is 0 Å². The van der Waals surface area contributed by atoms with Crippen LogP contribution in [-0.2, 0) is 24.4 Å². The Bertz CT molecular complexity index is 1230. The molecule has 1 amide bonds. The van der Waals surface area contributed by atoms with Crippen LogP contribution in [0.25, 0.3) is 11.1 Å². The molecule has 0 fully saturated rings. The topological polar surface area (TPSA) is 97.6 Å². The van der Waals surface area contributed by atoms with Crippen LogP contribution in [0.15, 0.2) is 67.4 Å². The normalized spacial score (nSPS) is 11.3. The van der Waals surface area contributed by atoms with Gasteiger partial charge in [-0.25, -0.2) is 15.0 Å². The summed E-state index contributed by atoms with van der Waals surface area (Å²) < 4.78 is 39.4. The van der Waals surface area contributed by atoms with Gasteiger partial charge in [0, 0.05) is 37.4 Å². The van der Waals surface area contributed by atoms with E-state index in [0.29, 0.717) is 12.1 Å². The Hall–Kier alpha value is -4.28. The number of alkyl halides is 3. The largest absolute Gasteiger partial charge is 0.417 e. The number of rotatable bonds is 6. The first kappa shape index (κ1) is 21.9. The summed E-state index contributed by atoms with van der Waals surface area (Å²) in [5, 5.41) is 9.61. The lowest BCUT2D eigenvalue weighted by molar-refractivity contribution is -0.137. The maximum absolute atomic E-state index is 12.6. The molecule has 3 heterocycles. The van der Waals surface area contributed by atoms with E-state index < -0.39 is 11.7 Å². The Kier molecular flexibility index (Phi) is 6.03.